The quantitative estimate of drug-likeness (QED) is 0.669. The molecule has 3 aromatic rings. The number of fused-ring (bicyclic) bond motifs is 1. The molecule has 4 rings (SSSR count). The number of aromatic hydroxyl groups is 1. The summed E-state index contributed by atoms with van der Waals surface area (Å²) in [7, 11) is 0. The Balaban J connectivity index is 1.32. The van der Waals surface area contributed by atoms with Crippen LogP contribution in [0.4, 0.5) is 5.69 Å². The van der Waals surface area contributed by atoms with E-state index in [1.54, 1.807) is 18.2 Å². The van der Waals surface area contributed by atoms with E-state index < -0.39 is 0 Å². The van der Waals surface area contributed by atoms with E-state index in [2.05, 4.69) is 21.2 Å². The van der Waals surface area contributed by atoms with Crippen LogP contribution in [0.25, 0.3) is 10.8 Å². The molecule has 6 heteroatoms. The number of nitrogens with one attached hydrogen (secondary N) is 1. The predicted octanol–water partition coefficient (Wildman–Crippen LogP) is 3.96. The van der Waals surface area contributed by atoms with Gasteiger partial charge in [0.05, 0.1) is 17.3 Å². The van der Waals surface area contributed by atoms with Gasteiger partial charge in [-0.1, -0.05) is 54.1 Å². The highest BCUT2D eigenvalue weighted by atomic mass is 35.5. The average molecular weight is 410 g/mol. The summed E-state index contributed by atoms with van der Waals surface area (Å²) < 4.78 is 0. The highest BCUT2D eigenvalue weighted by Gasteiger charge is 2.20. The molecule has 2 N–H and O–H groups in total. The van der Waals surface area contributed by atoms with Gasteiger partial charge in [-0.15, -0.1) is 0 Å². The number of piperazine rings is 1. The number of carbonyl (C=O) groups excluding carboxylic acids is 1. The zero-order valence-electron chi connectivity index (χ0n) is 16.1. The largest absolute Gasteiger partial charge is 0.507 e. The summed E-state index contributed by atoms with van der Waals surface area (Å²) in [6.45, 7) is 4.67. The maximum absolute atomic E-state index is 12.3. The molecule has 1 fully saturated rings. The van der Waals surface area contributed by atoms with Gasteiger partial charge in [0, 0.05) is 38.1 Å². The highest BCUT2D eigenvalue weighted by molar-refractivity contribution is 6.33. The van der Waals surface area contributed by atoms with Crippen LogP contribution in [0.3, 0.4) is 0 Å². The SMILES string of the molecule is O=C(CN1CCN(Cc2ccc(O)c3ccccc23)CC1)Nc1ccccc1Cl. The van der Waals surface area contributed by atoms with Crippen molar-refractivity contribution in [1.82, 2.24) is 9.80 Å². The molecule has 29 heavy (non-hydrogen) atoms. The van der Waals surface area contributed by atoms with Crippen molar-refractivity contribution in [2.45, 2.75) is 6.54 Å². The minimum Gasteiger partial charge on any atom is -0.507 e. The molecule has 5 nitrogen and oxygen atoms in total. The summed E-state index contributed by atoms with van der Waals surface area (Å²) >= 11 is 6.11. The van der Waals surface area contributed by atoms with E-state index in [-0.39, 0.29) is 5.91 Å². The van der Waals surface area contributed by atoms with Crippen molar-refractivity contribution in [3.8, 4) is 5.75 Å². The lowest BCUT2D eigenvalue weighted by atomic mass is 10.0. The second kappa shape index (κ2) is 8.82. The van der Waals surface area contributed by atoms with Crippen LogP contribution >= 0.6 is 11.6 Å². The van der Waals surface area contributed by atoms with Crippen LogP contribution in [0.15, 0.2) is 60.7 Å². The Bertz CT molecular complexity index is 1020. The summed E-state index contributed by atoms with van der Waals surface area (Å²) in [5.74, 6) is 0.273. The Morgan fingerprint density at radius 3 is 2.31 bits per heavy atom. The Hall–Kier alpha value is -2.60. The van der Waals surface area contributed by atoms with Crippen molar-refractivity contribution < 1.29 is 9.90 Å². The van der Waals surface area contributed by atoms with Gasteiger partial charge in [-0.05, 0) is 29.1 Å². The highest BCUT2D eigenvalue weighted by Crippen LogP contribution is 2.28. The molecule has 0 radical (unpaired) electrons. The minimum absolute atomic E-state index is 0.0453. The topological polar surface area (TPSA) is 55.8 Å². The van der Waals surface area contributed by atoms with Gasteiger partial charge in [0.15, 0.2) is 0 Å². The molecule has 0 aliphatic carbocycles. The van der Waals surface area contributed by atoms with E-state index in [0.29, 0.717) is 23.0 Å². The zero-order chi connectivity index (χ0) is 20.2. The number of benzene rings is 3. The van der Waals surface area contributed by atoms with Crippen LogP contribution in [0.5, 0.6) is 5.75 Å². The molecule has 0 unspecified atom stereocenters. The number of nitrogens with zero attached hydrogens (tertiary/aromatic N) is 2. The first-order chi connectivity index (χ1) is 14.1. The Labute approximate surface area is 175 Å². The van der Waals surface area contributed by atoms with E-state index in [1.165, 1.54) is 5.56 Å². The third-order valence-electron chi connectivity index (χ3n) is 5.37. The number of rotatable bonds is 5. The van der Waals surface area contributed by atoms with Gasteiger partial charge in [-0.2, -0.15) is 0 Å². The van der Waals surface area contributed by atoms with Gasteiger partial charge >= 0.3 is 0 Å². The number of para-hydroxylation sites is 1. The number of amides is 1. The maximum atomic E-state index is 12.3. The van der Waals surface area contributed by atoms with Gasteiger partial charge in [0.2, 0.25) is 5.91 Å². The van der Waals surface area contributed by atoms with Gasteiger partial charge in [-0.3, -0.25) is 14.6 Å². The summed E-state index contributed by atoms with van der Waals surface area (Å²) in [5.41, 5.74) is 1.86. The smallest absolute Gasteiger partial charge is 0.238 e. The van der Waals surface area contributed by atoms with Crippen LogP contribution in [0, 0.1) is 0 Å². The monoisotopic (exact) mass is 409 g/mol. The number of phenolic OH excluding ortho intramolecular Hbond substituents is 1. The minimum atomic E-state index is -0.0453. The van der Waals surface area contributed by atoms with E-state index >= 15 is 0 Å². The van der Waals surface area contributed by atoms with Crippen molar-refractivity contribution in [3.63, 3.8) is 0 Å². The normalized spacial score (nSPS) is 15.5. The first-order valence-corrected chi connectivity index (χ1v) is 10.2. The number of halogens is 1. The lowest BCUT2D eigenvalue weighted by molar-refractivity contribution is -0.117. The molecule has 1 saturated heterocycles. The molecule has 0 bridgehead atoms. The van der Waals surface area contributed by atoms with Crippen LogP contribution in [0.2, 0.25) is 5.02 Å². The van der Waals surface area contributed by atoms with Crippen LogP contribution in [0.1, 0.15) is 5.56 Å². The fourth-order valence-corrected chi connectivity index (χ4v) is 3.97. The molecule has 1 heterocycles. The molecular weight excluding hydrogens is 386 g/mol. The van der Waals surface area contributed by atoms with Gasteiger partial charge < -0.3 is 10.4 Å². The summed E-state index contributed by atoms with van der Waals surface area (Å²) in [5, 5.41) is 15.5. The first kappa shape index (κ1) is 19.7. The molecule has 0 spiro atoms. The Kier molecular flexibility index (Phi) is 6.00. The molecule has 0 atom stereocenters. The summed E-state index contributed by atoms with van der Waals surface area (Å²) in [6.07, 6.45) is 0. The van der Waals surface area contributed by atoms with Crippen molar-refractivity contribution in [2.75, 3.05) is 38.0 Å². The molecule has 150 valence electrons. The predicted molar refractivity (Wildman–Crippen MR) is 117 cm³/mol. The molecule has 1 amide bonds. The van der Waals surface area contributed by atoms with Gasteiger partial charge in [0.1, 0.15) is 5.75 Å². The van der Waals surface area contributed by atoms with Crippen LogP contribution in [-0.2, 0) is 11.3 Å². The van der Waals surface area contributed by atoms with Crippen molar-refractivity contribution in [2.24, 2.45) is 0 Å². The number of anilines is 1. The fourth-order valence-electron chi connectivity index (χ4n) is 3.79. The third kappa shape index (κ3) is 4.70. The van der Waals surface area contributed by atoms with E-state index in [9.17, 15) is 9.90 Å². The Morgan fingerprint density at radius 2 is 1.55 bits per heavy atom. The Morgan fingerprint density at radius 1 is 0.897 bits per heavy atom. The number of phenols is 1. The van der Waals surface area contributed by atoms with Gasteiger partial charge in [-0.25, -0.2) is 0 Å². The molecule has 3 aromatic carbocycles. The zero-order valence-corrected chi connectivity index (χ0v) is 16.9. The average Bonchev–Trinajstić information content (AvgIpc) is 2.73. The summed E-state index contributed by atoms with van der Waals surface area (Å²) in [6, 6.07) is 19.0. The van der Waals surface area contributed by atoms with Crippen molar-refractivity contribution in [1.29, 1.82) is 0 Å². The molecule has 1 aliphatic rings. The standard InChI is InChI=1S/C23H24ClN3O2/c24-20-7-3-4-8-21(20)25-23(29)16-27-13-11-26(12-14-27)15-17-9-10-22(28)19-6-2-1-5-18(17)19/h1-10,28H,11-16H2,(H,25,29). The third-order valence-corrected chi connectivity index (χ3v) is 5.69. The number of hydrogen-bond acceptors (Lipinski definition) is 4. The van der Waals surface area contributed by atoms with Crippen molar-refractivity contribution in [3.05, 3.63) is 71.2 Å². The molecule has 0 aromatic heterocycles. The number of hydrogen-bond donors (Lipinski definition) is 2. The molecule has 1 aliphatic heterocycles. The van der Waals surface area contributed by atoms with Crippen molar-refractivity contribution >= 4 is 34.0 Å². The van der Waals surface area contributed by atoms with E-state index in [1.807, 2.05) is 36.4 Å². The molecular formula is C23H24ClN3O2. The van der Waals surface area contributed by atoms with Gasteiger partial charge in [0.25, 0.3) is 0 Å². The lowest BCUT2D eigenvalue weighted by Gasteiger charge is -2.34. The van der Waals surface area contributed by atoms with Crippen LogP contribution in [-0.4, -0.2) is 53.5 Å². The number of carbonyl (C=O) groups is 1. The molecule has 0 saturated carbocycles. The van der Waals surface area contributed by atoms with E-state index in [4.69, 9.17) is 11.6 Å². The summed E-state index contributed by atoms with van der Waals surface area (Å²) in [4.78, 5) is 16.9. The second-order valence-electron chi connectivity index (χ2n) is 7.37. The first-order valence-electron chi connectivity index (χ1n) is 9.79. The lowest BCUT2D eigenvalue weighted by Crippen LogP contribution is -2.48. The fraction of sp³-hybridized carbons (Fsp3) is 0.261. The maximum Gasteiger partial charge on any atom is 0.238 e. The van der Waals surface area contributed by atoms with E-state index in [0.717, 1.165) is 43.5 Å². The van der Waals surface area contributed by atoms with Crippen LogP contribution < -0.4 is 5.32 Å². The second-order valence-corrected chi connectivity index (χ2v) is 7.78.